The number of benzene rings is 1. The van der Waals surface area contributed by atoms with Crippen molar-refractivity contribution in [3.8, 4) is 5.75 Å². The number of aromatic nitrogens is 3. The Morgan fingerprint density at radius 3 is 2.95 bits per heavy atom. The van der Waals surface area contributed by atoms with Crippen molar-refractivity contribution >= 4 is 17.5 Å². The molecular weight excluding hydrogens is 309 g/mol. The Bertz CT molecular complexity index is 726. The van der Waals surface area contributed by atoms with Crippen LogP contribution in [0.5, 0.6) is 5.75 Å². The van der Waals surface area contributed by atoms with Crippen molar-refractivity contribution in [1.29, 1.82) is 0 Å². The number of rotatable bonds is 7. The van der Waals surface area contributed by atoms with Crippen LogP contribution in [0.3, 0.4) is 0 Å². The lowest BCUT2D eigenvalue weighted by Crippen LogP contribution is -2.17. The maximum atomic E-state index is 13.3. The molecule has 2 aromatic rings. The van der Waals surface area contributed by atoms with Crippen LogP contribution >= 0.6 is 11.8 Å². The van der Waals surface area contributed by atoms with E-state index in [1.165, 1.54) is 23.8 Å². The standard InChI is InChI=1S/C14H16FN3O3S/c1-3-6-18-13(20)16-17-14(18)22-8-11(19)10-7-9(15)4-5-12(10)21-2/h4-5,7H,3,6,8H2,1-2H3,(H,16,20). The number of aromatic amines is 1. The highest BCUT2D eigenvalue weighted by Crippen LogP contribution is 2.23. The van der Waals surface area contributed by atoms with E-state index in [0.29, 0.717) is 17.5 Å². The molecule has 0 spiro atoms. The lowest BCUT2D eigenvalue weighted by Gasteiger charge is -2.07. The van der Waals surface area contributed by atoms with Gasteiger partial charge in [0.25, 0.3) is 0 Å². The van der Waals surface area contributed by atoms with Gasteiger partial charge in [0.05, 0.1) is 18.4 Å². The number of carbonyl (C=O) groups excluding carboxylic acids is 1. The minimum Gasteiger partial charge on any atom is -0.496 e. The zero-order chi connectivity index (χ0) is 16.1. The third-order valence-electron chi connectivity index (χ3n) is 2.96. The summed E-state index contributed by atoms with van der Waals surface area (Å²) >= 11 is 1.13. The first-order valence-corrected chi connectivity index (χ1v) is 7.70. The fraction of sp³-hybridized carbons (Fsp3) is 0.357. The van der Waals surface area contributed by atoms with E-state index in [4.69, 9.17) is 4.74 Å². The van der Waals surface area contributed by atoms with Crippen molar-refractivity contribution in [1.82, 2.24) is 14.8 Å². The van der Waals surface area contributed by atoms with E-state index >= 15 is 0 Å². The normalized spacial score (nSPS) is 10.7. The van der Waals surface area contributed by atoms with Gasteiger partial charge in [-0.2, -0.15) is 0 Å². The fourth-order valence-electron chi connectivity index (χ4n) is 1.94. The summed E-state index contributed by atoms with van der Waals surface area (Å²) in [5.74, 6) is -0.440. The van der Waals surface area contributed by atoms with Crippen molar-refractivity contribution in [3.63, 3.8) is 0 Å². The van der Waals surface area contributed by atoms with Crippen LogP contribution in [-0.4, -0.2) is 33.4 Å². The molecule has 0 aliphatic rings. The number of H-pyrrole nitrogens is 1. The Hall–Kier alpha value is -2.09. The van der Waals surface area contributed by atoms with E-state index in [2.05, 4.69) is 10.2 Å². The van der Waals surface area contributed by atoms with Gasteiger partial charge in [-0.25, -0.2) is 14.3 Å². The molecule has 1 N–H and O–H groups in total. The van der Waals surface area contributed by atoms with Crippen molar-refractivity contribution < 1.29 is 13.9 Å². The van der Waals surface area contributed by atoms with Gasteiger partial charge in [-0.3, -0.25) is 9.36 Å². The van der Waals surface area contributed by atoms with Gasteiger partial charge in [0.1, 0.15) is 11.6 Å². The Labute approximate surface area is 130 Å². The molecule has 0 atom stereocenters. The van der Waals surface area contributed by atoms with Crippen molar-refractivity contribution in [2.75, 3.05) is 12.9 Å². The third-order valence-corrected chi connectivity index (χ3v) is 3.94. The molecule has 0 radical (unpaired) electrons. The summed E-state index contributed by atoms with van der Waals surface area (Å²) in [7, 11) is 1.42. The van der Waals surface area contributed by atoms with Crippen LogP contribution < -0.4 is 10.4 Å². The highest BCUT2D eigenvalue weighted by Gasteiger charge is 2.16. The van der Waals surface area contributed by atoms with Gasteiger partial charge in [0, 0.05) is 6.54 Å². The minimum atomic E-state index is -0.503. The van der Waals surface area contributed by atoms with Crippen molar-refractivity contribution in [3.05, 3.63) is 40.1 Å². The number of nitrogens with one attached hydrogen (secondary N) is 1. The van der Waals surface area contributed by atoms with E-state index < -0.39 is 5.82 Å². The van der Waals surface area contributed by atoms with Crippen LogP contribution in [0.4, 0.5) is 4.39 Å². The number of nitrogens with zero attached hydrogens (tertiary/aromatic N) is 2. The second-order valence-electron chi connectivity index (χ2n) is 4.52. The van der Waals surface area contributed by atoms with Gasteiger partial charge in [-0.05, 0) is 24.6 Å². The zero-order valence-electron chi connectivity index (χ0n) is 12.3. The summed E-state index contributed by atoms with van der Waals surface area (Å²) in [5.41, 5.74) is -0.130. The molecule has 8 heteroatoms. The van der Waals surface area contributed by atoms with Crippen LogP contribution in [0.15, 0.2) is 28.2 Å². The lowest BCUT2D eigenvalue weighted by atomic mass is 10.1. The largest absolute Gasteiger partial charge is 0.496 e. The Kier molecular flexibility index (Phi) is 5.37. The number of halogens is 1. The van der Waals surface area contributed by atoms with Gasteiger partial charge in [0.15, 0.2) is 10.9 Å². The van der Waals surface area contributed by atoms with Crippen LogP contribution in [0.1, 0.15) is 23.7 Å². The number of ether oxygens (including phenoxy) is 1. The average molecular weight is 325 g/mol. The highest BCUT2D eigenvalue weighted by atomic mass is 32.2. The second kappa shape index (κ2) is 7.26. The summed E-state index contributed by atoms with van der Waals surface area (Å²) < 4.78 is 19.8. The molecule has 0 amide bonds. The molecule has 1 heterocycles. The molecule has 1 aromatic carbocycles. The molecule has 2 rings (SSSR count). The van der Waals surface area contributed by atoms with Gasteiger partial charge in [-0.1, -0.05) is 18.7 Å². The summed E-state index contributed by atoms with van der Waals surface area (Å²) in [5, 5.41) is 6.69. The molecule has 1 aromatic heterocycles. The smallest absolute Gasteiger partial charge is 0.343 e. The van der Waals surface area contributed by atoms with Crippen LogP contribution in [0.2, 0.25) is 0 Å². The molecule has 0 bridgehead atoms. The molecule has 22 heavy (non-hydrogen) atoms. The average Bonchev–Trinajstić information content (AvgIpc) is 2.86. The van der Waals surface area contributed by atoms with Crippen LogP contribution in [0, 0.1) is 5.82 Å². The first kappa shape index (κ1) is 16.3. The first-order valence-electron chi connectivity index (χ1n) is 6.71. The summed E-state index contributed by atoms with van der Waals surface area (Å²) in [6.45, 7) is 2.46. The van der Waals surface area contributed by atoms with Crippen LogP contribution in [0.25, 0.3) is 0 Å². The number of carbonyl (C=O) groups is 1. The number of Topliss-reactive ketones (excluding diaryl/α,β-unsaturated/α-hetero) is 1. The fourth-order valence-corrected chi connectivity index (χ4v) is 2.80. The lowest BCUT2D eigenvalue weighted by molar-refractivity contribution is 0.101. The Morgan fingerprint density at radius 1 is 1.50 bits per heavy atom. The Balaban J connectivity index is 2.14. The third kappa shape index (κ3) is 3.56. The molecule has 0 aliphatic carbocycles. The molecule has 0 saturated heterocycles. The van der Waals surface area contributed by atoms with E-state index in [9.17, 15) is 14.0 Å². The second-order valence-corrected chi connectivity index (χ2v) is 5.46. The number of hydrogen-bond acceptors (Lipinski definition) is 5. The van der Waals surface area contributed by atoms with E-state index in [0.717, 1.165) is 24.2 Å². The molecular formula is C14H16FN3O3S. The molecule has 0 saturated carbocycles. The number of methoxy groups -OCH3 is 1. The first-order chi connectivity index (χ1) is 10.6. The van der Waals surface area contributed by atoms with E-state index in [-0.39, 0.29) is 22.8 Å². The van der Waals surface area contributed by atoms with Gasteiger partial charge >= 0.3 is 5.69 Å². The van der Waals surface area contributed by atoms with Gasteiger partial charge < -0.3 is 4.74 Å². The molecule has 118 valence electrons. The molecule has 0 unspecified atom stereocenters. The predicted molar refractivity (Wildman–Crippen MR) is 81.1 cm³/mol. The van der Waals surface area contributed by atoms with E-state index in [1.807, 2.05) is 6.92 Å². The quantitative estimate of drug-likeness (QED) is 0.623. The van der Waals surface area contributed by atoms with Crippen molar-refractivity contribution in [2.24, 2.45) is 0 Å². The number of thioether (sulfide) groups is 1. The highest BCUT2D eigenvalue weighted by molar-refractivity contribution is 7.99. The van der Waals surface area contributed by atoms with Gasteiger partial charge in [0.2, 0.25) is 0 Å². The summed E-state index contributed by atoms with van der Waals surface area (Å²) in [6.07, 6.45) is 0.776. The summed E-state index contributed by atoms with van der Waals surface area (Å²) in [4.78, 5) is 23.8. The number of ketones is 1. The maximum absolute atomic E-state index is 13.3. The zero-order valence-corrected chi connectivity index (χ0v) is 13.1. The Morgan fingerprint density at radius 2 is 2.27 bits per heavy atom. The molecule has 0 fully saturated rings. The number of hydrogen-bond donors (Lipinski definition) is 1. The predicted octanol–water partition coefficient (Wildman–Crippen LogP) is 2.10. The summed E-state index contributed by atoms with van der Waals surface area (Å²) in [6, 6.07) is 3.79. The molecule has 0 aliphatic heterocycles. The SMILES string of the molecule is CCCn1c(SCC(=O)c2cc(F)ccc2OC)n[nH]c1=O. The van der Waals surface area contributed by atoms with Crippen LogP contribution in [-0.2, 0) is 6.54 Å². The topological polar surface area (TPSA) is 77.0 Å². The van der Waals surface area contributed by atoms with Crippen molar-refractivity contribution in [2.45, 2.75) is 25.0 Å². The molecule has 6 nitrogen and oxygen atoms in total. The maximum Gasteiger partial charge on any atom is 0.343 e. The minimum absolute atomic E-state index is 0.0355. The van der Waals surface area contributed by atoms with Gasteiger partial charge in [-0.15, -0.1) is 5.10 Å². The monoisotopic (exact) mass is 325 g/mol. The van der Waals surface area contributed by atoms with E-state index in [1.54, 1.807) is 0 Å².